The Hall–Kier alpha value is -2.27. The topological polar surface area (TPSA) is 27.0 Å². The first-order valence-electron chi connectivity index (χ1n) is 5.66. The molecule has 1 heterocycles. The van der Waals surface area contributed by atoms with Gasteiger partial charge in [-0.15, -0.1) is 0 Å². The van der Waals surface area contributed by atoms with Crippen molar-refractivity contribution >= 4 is 11.4 Å². The molecule has 17 heavy (non-hydrogen) atoms. The third kappa shape index (κ3) is 1.66. The molecule has 0 N–H and O–H groups in total. The first-order valence-corrected chi connectivity index (χ1v) is 5.66. The average Bonchev–Trinajstić information content (AvgIpc) is 2.83. The zero-order chi connectivity index (χ0) is 11.7. The van der Waals surface area contributed by atoms with E-state index >= 15 is 0 Å². The minimum atomic E-state index is 0.702. The highest BCUT2D eigenvalue weighted by atomic mass is 15.2. The van der Waals surface area contributed by atoms with E-state index in [2.05, 4.69) is 23.1 Å². The van der Waals surface area contributed by atoms with Gasteiger partial charge in [0.05, 0.1) is 11.6 Å². The van der Waals surface area contributed by atoms with Gasteiger partial charge in [0, 0.05) is 17.9 Å². The zero-order valence-corrected chi connectivity index (χ0v) is 9.35. The number of hydrogen-bond donors (Lipinski definition) is 0. The summed E-state index contributed by atoms with van der Waals surface area (Å²) in [6, 6.07) is 19.2. The SMILES string of the molecule is N#Cc1ccc(N2CCc3[c]cccc32)cc1. The van der Waals surface area contributed by atoms with Crippen molar-refractivity contribution in [3.8, 4) is 6.07 Å². The van der Waals surface area contributed by atoms with Crippen LogP contribution < -0.4 is 4.90 Å². The van der Waals surface area contributed by atoms with Gasteiger partial charge >= 0.3 is 0 Å². The Kier molecular flexibility index (Phi) is 2.31. The third-order valence-electron chi connectivity index (χ3n) is 3.10. The largest absolute Gasteiger partial charge is 0.341 e. The van der Waals surface area contributed by atoms with Crippen LogP contribution in [0.1, 0.15) is 11.1 Å². The Balaban J connectivity index is 1.99. The molecule has 2 heteroatoms. The number of nitriles is 1. The summed E-state index contributed by atoms with van der Waals surface area (Å²) in [4.78, 5) is 2.27. The van der Waals surface area contributed by atoms with Crippen molar-refractivity contribution in [2.24, 2.45) is 0 Å². The van der Waals surface area contributed by atoms with Crippen LogP contribution in [0.25, 0.3) is 0 Å². The summed E-state index contributed by atoms with van der Waals surface area (Å²) >= 11 is 0. The van der Waals surface area contributed by atoms with Gasteiger partial charge in [0.25, 0.3) is 0 Å². The normalized spacial score (nSPS) is 13.2. The standard InChI is InChI=1S/C15H11N2/c16-11-12-5-7-14(8-6-12)17-10-9-13-3-1-2-4-15(13)17/h1-2,4-8H,9-10H2. The number of hydrogen-bond acceptors (Lipinski definition) is 2. The molecule has 0 amide bonds. The second-order valence-corrected chi connectivity index (χ2v) is 4.09. The molecule has 2 nitrogen and oxygen atoms in total. The molecule has 0 bridgehead atoms. The van der Waals surface area contributed by atoms with Gasteiger partial charge in [-0.1, -0.05) is 12.1 Å². The fourth-order valence-electron chi connectivity index (χ4n) is 2.24. The zero-order valence-electron chi connectivity index (χ0n) is 9.35. The van der Waals surface area contributed by atoms with Gasteiger partial charge < -0.3 is 4.90 Å². The third-order valence-corrected chi connectivity index (χ3v) is 3.10. The molecule has 0 fully saturated rings. The van der Waals surface area contributed by atoms with Gasteiger partial charge in [-0.25, -0.2) is 0 Å². The monoisotopic (exact) mass is 219 g/mol. The number of fused-ring (bicyclic) bond motifs is 1. The molecule has 0 unspecified atom stereocenters. The summed E-state index contributed by atoms with van der Waals surface area (Å²) in [7, 11) is 0. The average molecular weight is 219 g/mol. The second kappa shape index (κ2) is 3.95. The molecule has 0 aliphatic carbocycles. The van der Waals surface area contributed by atoms with Crippen molar-refractivity contribution < 1.29 is 0 Å². The fraction of sp³-hybridized carbons (Fsp3) is 0.133. The van der Waals surface area contributed by atoms with Crippen molar-refractivity contribution in [1.29, 1.82) is 5.26 Å². The summed E-state index contributed by atoms with van der Waals surface area (Å²) in [5.41, 5.74) is 4.35. The van der Waals surface area contributed by atoms with Crippen molar-refractivity contribution in [2.75, 3.05) is 11.4 Å². The van der Waals surface area contributed by atoms with E-state index in [9.17, 15) is 0 Å². The van der Waals surface area contributed by atoms with Crippen LogP contribution in [0.4, 0.5) is 11.4 Å². The Morgan fingerprint density at radius 1 is 1.18 bits per heavy atom. The maximum atomic E-state index is 8.78. The second-order valence-electron chi connectivity index (χ2n) is 4.09. The minimum Gasteiger partial charge on any atom is -0.341 e. The predicted octanol–water partition coefficient (Wildman–Crippen LogP) is 3.05. The van der Waals surface area contributed by atoms with Crippen molar-refractivity contribution in [1.82, 2.24) is 0 Å². The minimum absolute atomic E-state index is 0.702. The molecule has 1 radical (unpaired) electrons. The van der Waals surface area contributed by atoms with Crippen LogP contribution in [0.2, 0.25) is 0 Å². The maximum Gasteiger partial charge on any atom is 0.0991 e. The maximum absolute atomic E-state index is 8.78. The molecule has 1 aliphatic rings. The first-order chi connectivity index (χ1) is 8.38. The van der Waals surface area contributed by atoms with E-state index in [1.54, 1.807) is 0 Å². The van der Waals surface area contributed by atoms with E-state index in [-0.39, 0.29) is 0 Å². The predicted molar refractivity (Wildman–Crippen MR) is 67.1 cm³/mol. The molecule has 2 aromatic carbocycles. The van der Waals surface area contributed by atoms with E-state index in [1.165, 1.54) is 11.3 Å². The van der Waals surface area contributed by atoms with Crippen LogP contribution >= 0.6 is 0 Å². The van der Waals surface area contributed by atoms with Gasteiger partial charge in [0.15, 0.2) is 0 Å². The lowest BCUT2D eigenvalue weighted by Crippen LogP contribution is -2.12. The lowest BCUT2D eigenvalue weighted by Gasteiger charge is -2.19. The van der Waals surface area contributed by atoms with Crippen molar-refractivity contribution in [3.63, 3.8) is 0 Å². The van der Waals surface area contributed by atoms with Crippen LogP contribution in [-0.4, -0.2) is 6.54 Å². The van der Waals surface area contributed by atoms with Crippen molar-refractivity contribution in [2.45, 2.75) is 6.42 Å². The van der Waals surface area contributed by atoms with E-state index in [4.69, 9.17) is 5.26 Å². The molecule has 0 saturated carbocycles. The van der Waals surface area contributed by atoms with Gasteiger partial charge in [0.2, 0.25) is 0 Å². The van der Waals surface area contributed by atoms with Gasteiger partial charge in [0.1, 0.15) is 0 Å². The van der Waals surface area contributed by atoms with Gasteiger partial charge in [-0.3, -0.25) is 0 Å². The highest BCUT2D eigenvalue weighted by molar-refractivity contribution is 5.69. The molecular weight excluding hydrogens is 208 g/mol. The molecular formula is C15H11N2. The Bertz CT molecular complexity index is 579. The van der Waals surface area contributed by atoms with Crippen LogP contribution in [0.3, 0.4) is 0 Å². The van der Waals surface area contributed by atoms with Crippen LogP contribution in [0.15, 0.2) is 42.5 Å². The molecule has 0 spiro atoms. The highest BCUT2D eigenvalue weighted by Gasteiger charge is 2.19. The molecule has 3 rings (SSSR count). The lowest BCUT2D eigenvalue weighted by atomic mass is 10.1. The molecule has 81 valence electrons. The van der Waals surface area contributed by atoms with E-state index in [0.717, 1.165) is 18.7 Å². The summed E-state index contributed by atoms with van der Waals surface area (Å²) in [6.07, 6.45) is 1.04. The lowest BCUT2D eigenvalue weighted by molar-refractivity contribution is 0.998. The molecule has 1 aliphatic heterocycles. The smallest absolute Gasteiger partial charge is 0.0991 e. The number of anilines is 2. The summed E-state index contributed by atoms with van der Waals surface area (Å²) in [5, 5.41) is 8.78. The van der Waals surface area contributed by atoms with E-state index in [1.807, 2.05) is 36.4 Å². The molecule has 0 atom stereocenters. The summed E-state index contributed by atoms with van der Waals surface area (Å²) in [6.45, 7) is 0.988. The summed E-state index contributed by atoms with van der Waals surface area (Å²) in [5.74, 6) is 0. The Morgan fingerprint density at radius 2 is 2.00 bits per heavy atom. The highest BCUT2D eigenvalue weighted by Crippen LogP contribution is 2.33. The van der Waals surface area contributed by atoms with Gasteiger partial charge in [-0.05, 0) is 48.4 Å². The Morgan fingerprint density at radius 3 is 2.76 bits per heavy atom. The van der Waals surface area contributed by atoms with Crippen LogP contribution in [0.5, 0.6) is 0 Å². The Labute approximate surface area is 101 Å². The number of rotatable bonds is 1. The summed E-state index contributed by atoms with van der Waals surface area (Å²) < 4.78 is 0. The van der Waals surface area contributed by atoms with E-state index in [0.29, 0.717) is 5.56 Å². The van der Waals surface area contributed by atoms with Crippen LogP contribution in [0, 0.1) is 17.4 Å². The molecule has 0 aromatic heterocycles. The van der Waals surface area contributed by atoms with E-state index < -0.39 is 0 Å². The number of benzene rings is 2. The van der Waals surface area contributed by atoms with Gasteiger partial charge in [-0.2, -0.15) is 5.26 Å². The molecule has 0 saturated heterocycles. The molecule has 2 aromatic rings. The first kappa shape index (κ1) is 9.92. The fourth-order valence-corrected chi connectivity index (χ4v) is 2.24. The number of nitrogens with zero attached hydrogens (tertiary/aromatic N) is 2. The van der Waals surface area contributed by atoms with Crippen LogP contribution in [-0.2, 0) is 6.42 Å². The van der Waals surface area contributed by atoms with Crippen molar-refractivity contribution in [3.05, 3.63) is 59.7 Å². The quantitative estimate of drug-likeness (QED) is 0.737.